The first-order chi connectivity index (χ1) is 16.5. The number of aromatic amines is 1. The number of nitrogens with one attached hydrogen (secondary N) is 1. The zero-order chi connectivity index (χ0) is 23.4. The Labute approximate surface area is 198 Å². The van der Waals surface area contributed by atoms with E-state index in [1.165, 1.54) is 0 Å². The number of fused-ring (bicyclic) bond motifs is 4. The first kappa shape index (κ1) is 21.2. The number of H-pyrrole nitrogens is 1. The maximum atomic E-state index is 13.9. The molecule has 2 saturated heterocycles. The van der Waals surface area contributed by atoms with Crippen LogP contribution in [0.3, 0.4) is 0 Å². The second-order valence-electron chi connectivity index (χ2n) is 9.77. The summed E-state index contributed by atoms with van der Waals surface area (Å²) in [6, 6.07) is 11.7. The maximum absolute atomic E-state index is 13.9. The van der Waals surface area contributed by atoms with Gasteiger partial charge in [0.25, 0.3) is 0 Å². The smallest absolute Gasteiger partial charge is 0.195 e. The minimum atomic E-state index is -0.430. The number of anilines is 1. The second-order valence-corrected chi connectivity index (χ2v) is 9.77. The van der Waals surface area contributed by atoms with Gasteiger partial charge >= 0.3 is 0 Å². The second kappa shape index (κ2) is 7.86. The van der Waals surface area contributed by atoms with E-state index in [0.29, 0.717) is 43.1 Å². The van der Waals surface area contributed by atoms with Crippen molar-refractivity contribution in [2.45, 2.75) is 31.8 Å². The van der Waals surface area contributed by atoms with E-state index in [4.69, 9.17) is 14.2 Å². The molecule has 3 heterocycles. The largest absolute Gasteiger partial charge is 0.486 e. The Morgan fingerprint density at radius 3 is 2.71 bits per heavy atom. The molecule has 0 bridgehead atoms. The van der Waals surface area contributed by atoms with Gasteiger partial charge in [-0.05, 0) is 29.8 Å². The van der Waals surface area contributed by atoms with Crippen LogP contribution >= 0.6 is 0 Å². The molecule has 2 aliphatic heterocycles. The van der Waals surface area contributed by atoms with Crippen molar-refractivity contribution in [3.8, 4) is 11.8 Å². The predicted molar refractivity (Wildman–Crippen MR) is 128 cm³/mol. The number of ketones is 1. The topological polar surface area (TPSA) is 87.6 Å². The van der Waals surface area contributed by atoms with E-state index in [-0.39, 0.29) is 11.9 Å². The van der Waals surface area contributed by atoms with Crippen molar-refractivity contribution in [1.82, 2.24) is 4.98 Å². The molecule has 0 radical (unpaired) electrons. The summed E-state index contributed by atoms with van der Waals surface area (Å²) in [5, 5.41) is 10.2. The zero-order valence-corrected chi connectivity index (χ0v) is 19.4. The highest BCUT2D eigenvalue weighted by atomic mass is 16.5. The van der Waals surface area contributed by atoms with Gasteiger partial charge in [-0.3, -0.25) is 4.79 Å². The van der Waals surface area contributed by atoms with Crippen molar-refractivity contribution in [2.24, 2.45) is 0 Å². The SMILES string of the molecule is CC1(C)c2cc(N3CCOCC3)c(OC3CCOC3)cc2C(=O)c2c1[nH]c1cc(C#N)ccc21. The van der Waals surface area contributed by atoms with Gasteiger partial charge in [0.05, 0.1) is 49.3 Å². The van der Waals surface area contributed by atoms with Crippen molar-refractivity contribution in [3.63, 3.8) is 0 Å². The van der Waals surface area contributed by atoms with Gasteiger partial charge in [-0.2, -0.15) is 5.26 Å². The van der Waals surface area contributed by atoms with Crippen LogP contribution < -0.4 is 9.64 Å². The summed E-state index contributed by atoms with van der Waals surface area (Å²) < 4.78 is 17.5. The Morgan fingerprint density at radius 2 is 1.97 bits per heavy atom. The van der Waals surface area contributed by atoms with Crippen LogP contribution in [0.5, 0.6) is 5.75 Å². The molecule has 0 spiro atoms. The number of aromatic nitrogens is 1. The molecule has 7 heteroatoms. The summed E-state index contributed by atoms with van der Waals surface area (Å²) >= 11 is 0. The van der Waals surface area contributed by atoms with Gasteiger partial charge in [0.1, 0.15) is 11.9 Å². The molecule has 174 valence electrons. The van der Waals surface area contributed by atoms with Crippen LogP contribution in [-0.4, -0.2) is 56.4 Å². The van der Waals surface area contributed by atoms with E-state index in [9.17, 15) is 10.1 Å². The molecule has 6 rings (SSSR count). The minimum absolute atomic E-state index is 0.0127. The molecule has 1 N–H and O–H groups in total. The first-order valence-electron chi connectivity index (χ1n) is 11.8. The molecule has 1 atom stereocenters. The van der Waals surface area contributed by atoms with Crippen molar-refractivity contribution < 1.29 is 19.0 Å². The van der Waals surface area contributed by atoms with E-state index in [1.54, 1.807) is 6.07 Å². The Bertz CT molecular complexity index is 1340. The van der Waals surface area contributed by atoms with Crippen LogP contribution in [0.4, 0.5) is 5.69 Å². The lowest BCUT2D eigenvalue weighted by Crippen LogP contribution is -2.38. The lowest BCUT2D eigenvalue weighted by atomic mass is 9.71. The van der Waals surface area contributed by atoms with E-state index in [2.05, 4.69) is 35.9 Å². The van der Waals surface area contributed by atoms with Crippen LogP contribution in [-0.2, 0) is 14.9 Å². The molecule has 34 heavy (non-hydrogen) atoms. The van der Waals surface area contributed by atoms with Gasteiger partial charge in [-0.25, -0.2) is 0 Å². The number of carbonyl (C=O) groups is 1. The quantitative estimate of drug-likeness (QED) is 0.642. The Hall–Kier alpha value is -3.34. The number of nitriles is 1. The summed E-state index contributed by atoms with van der Waals surface area (Å²) in [7, 11) is 0. The minimum Gasteiger partial charge on any atom is -0.486 e. The Balaban J connectivity index is 1.53. The normalized spacial score (nSPS) is 21.3. The molecule has 1 aliphatic carbocycles. The van der Waals surface area contributed by atoms with Crippen LogP contribution in [0, 0.1) is 11.3 Å². The van der Waals surface area contributed by atoms with Crippen LogP contribution in [0.2, 0.25) is 0 Å². The van der Waals surface area contributed by atoms with Gasteiger partial charge in [0.15, 0.2) is 5.78 Å². The summed E-state index contributed by atoms with van der Waals surface area (Å²) in [6.45, 7) is 8.43. The predicted octanol–water partition coefficient (Wildman–Crippen LogP) is 3.91. The third-order valence-electron chi connectivity index (χ3n) is 7.33. The van der Waals surface area contributed by atoms with Crippen molar-refractivity contribution in [2.75, 3.05) is 44.4 Å². The number of benzene rings is 2. The van der Waals surface area contributed by atoms with Gasteiger partial charge in [-0.15, -0.1) is 0 Å². The molecule has 3 aromatic rings. The van der Waals surface area contributed by atoms with Gasteiger partial charge in [0, 0.05) is 47.1 Å². The summed E-state index contributed by atoms with van der Waals surface area (Å²) in [4.78, 5) is 19.7. The number of rotatable bonds is 3. The molecular weight excluding hydrogens is 430 g/mol. The maximum Gasteiger partial charge on any atom is 0.195 e. The molecule has 0 saturated carbocycles. The van der Waals surface area contributed by atoms with E-state index in [0.717, 1.165) is 53.1 Å². The average molecular weight is 458 g/mol. The fourth-order valence-corrected chi connectivity index (χ4v) is 5.45. The average Bonchev–Trinajstić information content (AvgIpc) is 3.51. The number of hydrogen-bond donors (Lipinski definition) is 1. The van der Waals surface area contributed by atoms with Crippen molar-refractivity contribution >= 4 is 22.4 Å². The molecule has 0 amide bonds. The molecular formula is C27H27N3O4. The van der Waals surface area contributed by atoms with Crippen LogP contribution in [0.25, 0.3) is 10.9 Å². The zero-order valence-electron chi connectivity index (χ0n) is 19.4. The summed E-state index contributed by atoms with van der Waals surface area (Å²) in [5.74, 6) is 0.719. The number of hydrogen-bond acceptors (Lipinski definition) is 6. The van der Waals surface area contributed by atoms with Gasteiger partial charge in [-0.1, -0.05) is 19.9 Å². The van der Waals surface area contributed by atoms with Crippen LogP contribution in [0.15, 0.2) is 30.3 Å². The highest BCUT2D eigenvalue weighted by Gasteiger charge is 2.41. The molecule has 7 nitrogen and oxygen atoms in total. The monoisotopic (exact) mass is 457 g/mol. The number of carbonyl (C=O) groups excluding carboxylic acids is 1. The fraction of sp³-hybridized carbons (Fsp3) is 0.407. The molecule has 3 aliphatic rings. The third-order valence-corrected chi connectivity index (χ3v) is 7.33. The van der Waals surface area contributed by atoms with Crippen LogP contribution in [0.1, 0.15) is 53.0 Å². The lowest BCUT2D eigenvalue weighted by molar-refractivity contribution is 0.103. The highest BCUT2D eigenvalue weighted by Crippen LogP contribution is 2.47. The lowest BCUT2D eigenvalue weighted by Gasteiger charge is -2.36. The van der Waals surface area contributed by atoms with E-state index in [1.807, 2.05) is 18.2 Å². The van der Waals surface area contributed by atoms with Gasteiger partial charge in [0.2, 0.25) is 0 Å². The summed E-state index contributed by atoms with van der Waals surface area (Å²) in [5.41, 5.74) is 5.18. The van der Waals surface area contributed by atoms with E-state index >= 15 is 0 Å². The Morgan fingerprint density at radius 1 is 1.15 bits per heavy atom. The van der Waals surface area contributed by atoms with Crippen molar-refractivity contribution in [1.29, 1.82) is 5.26 Å². The Kier molecular flexibility index (Phi) is 4.91. The van der Waals surface area contributed by atoms with E-state index < -0.39 is 5.41 Å². The number of ether oxygens (including phenoxy) is 3. The van der Waals surface area contributed by atoms with Crippen molar-refractivity contribution in [3.05, 3.63) is 58.3 Å². The summed E-state index contributed by atoms with van der Waals surface area (Å²) in [6.07, 6.45) is 0.824. The molecule has 1 aromatic heterocycles. The molecule has 2 aromatic carbocycles. The third kappa shape index (κ3) is 3.21. The molecule has 1 unspecified atom stereocenters. The number of morpholine rings is 1. The van der Waals surface area contributed by atoms with Gasteiger partial charge < -0.3 is 24.1 Å². The number of nitrogens with zero attached hydrogens (tertiary/aromatic N) is 2. The molecule has 2 fully saturated rings. The fourth-order valence-electron chi connectivity index (χ4n) is 5.45. The standard InChI is InChI=1S/C27H27N3O4/c1-27(2)20-13-22(30-6-9-32-10-7-30)23(34-17-5-8-33-15-17)12-19(20)25(31)24-18-4-3-16(14-28)11-21(18)29-26(24)27/h3-4,11-13,17,29H,5-10,15H2,1-2H3. The highest BCUT2D eigenvalue weighted by molar-refractivity contribution is 6.20. The first-order valence-corrected chi connectivity index (χ1v) is 11.8.